The van der Waals surface area contributed by atoms with E-state index in [1.807, 2.05) is 4.90 Å². The van der Waals surface area contributed by atoms with Crippen LogP contribution >= 0.6 is 0 Å². The van der Waals surface area contributed by atoms with Gasteiger partial charge in [-0.15, -0.1) is 0 Å². The Hall–Kier alpha value is -0.610. The highest BCUT2D eigenvalue weighted by Crippen LogP contribution is 2.20. The molecule has 0 radical (unpaired) electrons. The molecule has 104 valence electrons. The van der Waals surface area contributed by atoms with E-state index < -0.39 is 0 Å². The van der Waals surface area contributed by atoms with Gasteiger partial charge in [-0.3, -0.25) is 4.79 Å². The van der Waals surface area contributed by atoms with E-state index >= 15 is 0 Å². The number of carbonyl (C=O) groups is 1. The Morgan fingerprint density at radius 1 is 1.33 bits per heavy atom. The van der Waals surface area contributed by atoms with Gasteiger partial charge in [-0.2, -0.15) is 0 Å². The highest BCUT2D eigenvalue weighted by molar-refractivity contribution is 5.77. The number of amides is 1. The monoisotopic (exact) mass is 254 g/mol. The van der Waals surface area contributed by atoms with E-state index in [1.54, 1.807) is 7.11 Å². The van der Waals surface area contributed by atoms with E-state index in [0.29, 0.717) is 30.4 Å². The quantitative estimate of drug-likeness (QED) is 0.828. The van der Waals surface area contributed by atoms with Gasteiger partial charge in [0.2, 0.25) is 5.91 Å². The van der Waals surface area contributed by atoms with E-state index in [4.69, 9.17) is 4.74 Å². The average molecular weight is 254 g/mol. The van der Waals surface area contributed by atoms with Crippen LogP contribution in [0.3, 0.4) is 0 Å². The van der Waals surface area contributed by atoms with Crippen LogP contribution in [0.1, 0.15) is 39.0 Å². The summed E-state index contributed by atoms with van der Waals surface area (Å²) in [6, 6.07) is 0.381. The topological polar surface area (TPSA) is 41.6 Å². The molecule has 2 fully saturated rings. The molecule has 2 rings (SSSR count). The largest absolute Gasteiger partial charge is 0.381 e. The number of methoxy groups -OCH3 is 1. The van der Waals surface area contributed by atoms with Crippen molar-refractivity contribution >= 4 is 5.91 Å². The highest BCUT2D eigenvalue weighted by atomic mass is 16.5. The predicted octanol–water partition coefficient (Wildman–Crippen LogP) is 1.40. The molecule has 0 spiro atoms. The van der Waals surface area contributed by atoms with Crippen molar-refractivity contribution in [2.24, 2.45) is 5.92 Å². The number of likely N-dealkylation sites (tertiary alicyclic amines) is 1. The Morgan fingerprint density at radius 2 is 2.06 bits per heavy atom. The van der Waals surface area contributed by atoms with Crippen molar-refractivity contribution in [2.45, 2.75) is 51.2 Å². The van der Waals surface area contributed by atoms with Crippen LogP contribution in [0, 0.1) is 5.92 Å². The van der Waals surface area contributed by atoms with Gasteiger partial charge in [0, 0.05) is 32.7 Å². The predicted molar refractivity (Wildman–Crippen MR) is 71.4 cm³/mol. The molecule has 1 N–H and O–H groups in total. The summed E-state index contributed by atoms with van der Waals surface area (Å²) >= 11 is 0. The normalized spacial score (nSPS) is 30.4. The fraction of sp³-hybridized carbons (Fsp3) is 0.929. The number of piperidine rings is 2. The summed E-state index contributed by atoms with van der Waals surface area (Å²) in [6.07, 6.45) is 5.47. The number of hydrogen-bond acceptors (Lipinski definition) is 3. The molecule has 2 aliphatic rings. The maximum atomic E-state index is 12.3. The maximum absolute atomic E-state index is 12.3. The Kier molecular flexibility index (Phi) is 5.01. The van der Waals surface area contributed by atoms with Crippen LogP contribution in [0.4, 0.5) is 0 Å². The first kappa shape index (κ1) is 13.8. The van der Waals surface area contributed by atoms with Crippen LogP contribution in [0.2, 0.25) is 0 Å². The van der Waals surface area contributed by atoms with Gasteiger partial charge in [0.25, 0.3) is 0 Å². The Bertz CT molecular complexity index is 275. The SMILES string of the molecule is COC1CCN(C(=O)CC2NCCCC2C)CC1. The zero-order valence-corrected chi connectivity index (χ0v) is 11.7. The molecule has 0 aliphatic carbocycles. The lowest BCUT2D eigenvalue weighted by Crippen LogP contribution is -2.46. The number of hydrogen-bond donors (Lipinski definition) is 1. The molecule has 2 atom stereocenters. The van der Waals surface area contributed by atoms with Crippen LogP contribution in [-0.2, 0) is 9.53 Å². The van der Waals surface area contributed by atoms with Gasteiger partial charge < -0.3 is 15.0 Å². The summed E-state index contributed by atoms with van der Waals surface area (Å²) < 4.78 is 5.34. The third-order valence-electron chi connectivity index (χ3n) is 4.45. The molecule has 2 heterocycles. The number of ether oxygens (including phenoxy) is 1. The Morgan fingerprint density at radius 3 is 2.67 bits per heavy atom. The lowest BCUT2D eigenvalue weighted by atomic mass is 9.90. The number of nitrogens with one attached hydrogen (secondary N) is 1. The molecule has 1 amide bonds. The molecule has 4 heteroatoms. The minimum atomic E-state index is 0.316. The van der Waals surface area contributed by atoms with Crippen LogP contribution in [0.5, 0.6) is 0 Å². The van der Waals surface area contributed by atoms with E-state index in [-0.39, 0.29) is 0 Å². The van der Waals surface area contributed by atoms with Crippen molar-refractivity contribution < 1.29 is 9.53 Å². The number of nitrogens with zero attached hydrogens (tertiary/aromatic N) is 1. The Balaban J connectivity index is 1.77. The zero-order valence-electron chi connectivity index (χ0n) is 11.7. The number of rotatable bonds is 3. The van der Waals surface area contributed by atoms with Crippen LogP contribution < -0.4 is 5.32 Å². The fourth-order valence-corrected chi connectivity index (χ4v) is 3.05. The van der Waals surface area contributed by atoms with Crippen molar-refractivity contribution in [3.8, 4) is 0 Å². The van der Waals surface area contributed by atoms with Crippen molar-refractivity contribution in [3.05, 3.63) is 0 Å². The van der Waals surface area contributed by atoms with E-state index in [1.165, 1.54) is 12.8 Å². The Labute approximate surface area is 110 Å². The van der Waals surface area contributed by atoms with Crippen LogP contribution in [0.15, 0.2) is 0 Å². The highest BCUT2D eigenvalue weighted by Gasteiger charge is 2.27. The van der Waals surface area contributed by atoms with Gasteiger partial charge in [0.1, 0.15) is 0 Å². The van der Waals surface area contributed by atoms with Gasteiger partial charge in [0.15, 0.2) is 0 Å². The third-order valence-corrected chi connectivity index (χ3v) is 4.45. The van der Waals surface area contributed by atoms with Crippen molar-refractivity contribution in [3.63, 3.8) is 0 Å². The second-order valence-electron chi connectivity index (χ2n) is 5.70. The second kappa shape index (κ2) is 6.53. The molecule has 0 saturated carbocycles. The molecule has 0 aromatic rings. The molecule has 18 heavy (non-hydrogen) atoms. The lowest BCUT2D eigenvalue weighted by molar-refractivity contribution is -0.134. The van der Waals surface area contributed by atoms with Gasteiger partial charge >= 0.3 is 0 Å². The summed E-state index contributed by atoms with van der Waals surface area (Å²) in [5.74, 6) is 0.940. The molecule has 0 aromatic carbocycles. The fourth-order valence-electron chi connectivity index (χ4n) is 3.05. The molecule has 2 unspecified atom stereocenters. The first-order valence-corrected chi connectivity index (χ1v) is 7.24. The van der Waals surface area contributed by atoms with E-state index in [9.17, 15) is 4.79 Å². The van der Waals surface area contributed by atoms with Crippen molar-refractivity contribution in [1.82, 2.24) is 10.2 Å². The second-order valence-corrected chi connectivity index (χ2v) is 5.70. The third kappa shape index (κ3) is 3.45. The van der Waals surface area contributed by atoms with Crippen LogP contribution in [0.25, 0.3) is 0 Å². The summed E-state index contributed by atoms with van der Waals surface area (Å²) in [7, 11) is 1.76. The molecule has 2 aliphatic heterocycles. The molecule has 0 bridgehead atoms. The van der Waals surface area contributed by atoms with Gasteiger partial charge in [-0.25, -0.2) is 0 Å². The minimum absolute atomic E-state index is 0.316. The summed E-state index contributed by atoms with van der Waals surface area (Å²) in [5, 5.41) is 3.49. The van der Waals surface area contributed by atoms with Crippen molar-refractivity contribution in [2.75, 3.05) is 26.7 Å². The smallest absolute Gasteiger partial charge is 0.224 e. The zero-order chi connectivity index (χ0) is 13.0. The van der Waals surface area contributed by atoms with E-state index in [0.717, 1.165) is 32.5 Å². The van der Waals surface area contributed by atoms with Crippen molar-refractivity contribution in [1.29, 1.82) is 0 Å². The lowest BCUT2D eigenvalue weighted by Gasteiger charge is -2.34. The molecule has 2 saturated heterocycles. The van der Waals surface area contributed by atoms with Crippen LogP contribution in [-0.4, -0.2) is 49.7 Å². The maximum Gasteiger partial charge on any atom is 0.224 e. The summed E-state index contributed by atoms with van der Waals surface area (Å²) in [5.41, 5.74) is 0. The number of carbonyl (C=O) groups excluding carboxylic acids is 1. The average Bonchev–Trinajstić information content (AvgIpc) is 2.41. The minimum Gasteiger partial charge on any atom is -0.381 e. The molecular formula is C14H26N2O2. The summed E-state index contributed by atoms with van der Waals surface area (Å²) in [6.45, 7) is 5.03. The standard InChI is InChI=1S/C14H26N2O2/c1-11-4-3-7-15-13(11)10-14(17)16-8-5-12(18-2)6-9-16/h11-13,15H,3-10H2,1-2H3. The van der Waals surface area contributed by atoms with E-state index in [2.05, 4.69) is 12.2 Å². The van der Waals surface area contributed by atoms with Gasteiger partial charge in [-0.05, 0) is 38.1 Å². The first-order chi connectivity index (χ1) is 8.70. The first-order valence-electron chi connectivity index (χ1n) is 7.24. The van der Waals surface area contributed by atoms with Gasteiger partial charge in [-0.1, -0.05) is 6.92 Å². The summed E-state index contributed by atoms with van der Waals surface area (Å²) in [4.78, 5) is 14.3. The molecule has 0 aromatic heterocycles. The molecule has 4 nitrogen and oxygen atoms in total. The molecular weight excluding hydrogens is 228 g/mol. The van der Waals surface area contributed by atoms with Gasteiger partial charge in [0.05, 0.1) is 6.10 Å².